The first-order chi connectivity index (χ1) is 9.72. The summed E-state index contributed by atoms with van der Waals surface area (Å²) in [5.41, 5.74) is 7.76. The van der Waals surface area contributed by atoms with Gasteiger partial charge < -0.3 is 15.2 Å². The molecule has 0 spiro atoms. The molecule has 5 nitrogen and oxygen atoms in total. The van der Waals surface area contributed by atoms with Crippen LogP contribution in [0.2, 0.25) is 0 Å². The number of ether oxygens (including phenoxy) is 2. The molecule has 0 aromatic heterocycles. The zero-order valence-corrected chi connectivity index (χ0v) is 11.5. The maximum Gasteiger partial charge on any atom is 0.148 e. The number of methoxy groups -OCH3 is 1. The van der Waals surface area contributed by atoms with Crippen LogP contribution in [0.1, 0.15) is 6.92 Å². The first kappa shape index (κ1) is 13.9. The molecular weight excluding hydrogens is 254 g/mol. The Morgan fingerprint density at radius 1 is 1.05 bits per heavy atom. The van der Waals surface area contributed by atoms with Crippen molar-refractivity contribution >= 4 is 17.1 Å². The van der Waals surface area contributed by atoms with E-state index < -0.39 is 0 Å². The van der Waals surface area contributed by atoms with Gasteiger partial charge in [-0.05, 0) is 43.3 Å². The Kier molecular flexibility index (Phi) is 4.55. The topological polar surface area (TPSA) is 69.2 Å². The van der Waals surface area contributed by atoms with Crippen molar-refractivity contribution in [2.75, 3.05) is 19.5 Å². The van der Waals surface area contributed by atoms with Gasteiger partial charge in [0.05, 0.1) is 19.4 Å². The number of nitrogens with zero attached hydrogens (tertiary/aromatic N) is 2. The van der Waals surface area contributed by atoms with Gasteiger partial charge in [0.25, 0.3) is 0 Å². The highest BCUT2D eigenvalue weighted by atomic mass is 16.5. The van der Waals surface area contributed by atoms with E-state index in [1.807, 2.05) is 31.2 Å². The van der Waals surface area contributed by atoms with Crippen LogP contribution in [-0.4, -0.2) is 13.7 Å². The Morgan fingerprint density at radius 2 is 1.80 bits per heavy atom. The first-order valence-corrected chi connectivity index (χ1v) is 6.31. The highest BCUT2D eigenvalue weighted by molar-refractivity contribution is 5.59. The van der Waals surface area contributed by atoms with E-state index in [1.165, 1.54) is 0 Å². The summed E-state index contributed by atoms with van der Waals surface area (Å²) in [4.78, 5) is 0. The van der Waals surface area contributed by atoms with Crippen LogP contribution in [0, 0.1) is 0 Å². The van der Waals surface area contributed by atoms with Crippen molar-refractivity contribution in [3.05, 3.63) is 42.5 Å². The van der Waals surface area contributed by atoms with E-state index in [1.54, 1.807) is 25.3 Å². The van der Waals surface area contributed by atoms with Crippen molar-refractivity contribution in [3.8, 4) is 11.5 Å². The van der Waals surface area contributed by atoms with E-state index in [0.717, 1.165) is 11.4 Å². The van der Waals surface area contributed by atoms with Gasteiger partial charge in [0.15, 0.2) is 0 Å². The third-order valence-electron chi connectivity index (χ3n) is 2.63. The molecule has 20 heavy (non-hydrogen) atoms. The van der Waals surface area contributed by atoms with Crippen molar-refractivity contribution < 1.29 is 9.47 Å². The van der Waals surface area contributed by atoms with E-state index in [2.05, 4.69) is 10.2 Å². The van der Waals surface area contributed by atoms with Gasteiger partial charge in [0.2, 0.25) is 0 Å². The van der Waals surface area contributed by atoms with E-state index in [9.17, 15) is 0 Å². The maximum atomic E-state index is 5.73. The number of rotatable bonds is 5. The molecule has 0 aliphatic carbocycles. The lowest BCUT2D eigenvalue weighted by Gasteiger charge is -2.06. The van der Waals surface area contributed by atoms with E-state index in [0.29, 0.717) is 23.7 Å². The Morgan fingerprint density at radius 3 is 2.45 bits per heavy atom. The summed E-state index contributed by atoms with van der Waals surface area (Å²) >= 11 is 0. The summed E-state index contributed by atoms with van der Waals surface area (Å²) in [5, 5.41) is 8.37. The monoisotopic (exact) mass is 271 g/mol. The minimum absolute atomic E-state index is 0.550. The molecule has 2 aromatic rings. The number of anilines is 1. The lowest BCUT2D eigenvalue weighted by atomic mass is 10.2. The smallest absolute Gasteiger partial charge is 0.148 e. The molecular formula is C15H17N3O2. The van der Waals surface area contributed by atoms with Crippen LogP contribution in [-0.2, 0) is 0 Å². The largest absolute Gasteiger partial charge is 0.497 e. The molecule has 0 unspecified atom stereocenters. The molecule has 0 aliphatic rings. The molecule has 0 amide bonds. The van der Waals surface area contributed by atoms with Gasteiger partial charge in [0.1, 0.15) is 17.2 Å². The van der Waals surface area contributed by atoms with Crippen LogP contribution in [0.5, 0.6) is 11.5 Å². The molecule has 0 aliphatic heterocycles. The predicted octanol–water partition coefficient (Wildman–Crippen LogP) is 4.09. The van der Waals surface area contributed by atoms with Crippen LogP contribution in [0.15, 0.2) is 52.7 Å². The Balaban J connectivity index is 2.21. The molecule has 0 saturated heterocycles. The number of hydrogen-bond donors (Lipinski definition) is 1. The van der Waals surface area contributed by atoms with Gasteiger partial charge in [-0.3, -0.25) is 0 Å². The summed E-state index contributed by atoms with van der Waals surface area (Å²) in [6.45, 7) is 2.46. The summed E-state index contributed by atoms with van der Waals surface area (Å²) in [6.07, 6.45) is 0. The fourth-order valence-corrected chi connectivity index (χ4v) is 1.64. The Bertz CT molecular complexity index is 595. The fraction of sp³-hybridized carbons (Fsp3) is 0.200. The summed E-state index contributed by atoms with van der Waals surface area (Å²) in [6, 6.07) is 12.6. The molecule has 0 atom stereocenters. The highest BCUT2D eigenvalue weighted by Crippen LogP contribution is 2.31. The number of benzene rings is 2. The molecule has 5 heteroatoms. The molecule has 2 aromatic carbocycles. The van der Waals surface area contributed by atoms with Crippen molar-refractivity contribution in [2.45, 2.75) is 6.92 Å². The third kappa shape index (κ3) is 3.47. The molecule has 0 bridgehead atoms. The SMILES string of the molecule is CCOc1cc(N)ccc1/N=N/c1ccc(OC)cc1. The minimum atomic E-state index is 0.550. The van der Waals surface area contributed by atoms with Crippen LogP contribution in [0.25, 0.3) is 0 Å². The predicted molar refractivity (Wildman–Crippen MR) is 79.2 cm³/mol. The van der Waals surface area contributed by atoms with E-state index >= 15 is 0 Å². The molecule has 0 saturated carbocycles. The van der Waals surface area contributed by atoms with Gasteiger partial charge >= 0.3 is 0 Å². The molecule has 2 rings (SSSR count). The maximum absolute atomic E-state index is 5.73. The van der Waals surface area contributed by atoms with E-state index in [4.69, 9.17) is 15.2 Å². The Labute approximate surface area is 118 Å². The number of hydrogen-bond acceptors (Lipinski definition) is 5. The third-order valence-corrected chi connectivity index (χ3v) is 2.63. The molecule has 2 N–H and O–H groups in total. The Hall–Kier alpha value is -2.56. The van der Waals surface area contributed by atoms with Gasteiger partial charge in [-0.25, -0.2) is 0 Å². The standard InChI is InChI=1S/C15H17N3O2/c1-3-20-15-10-11(16)4-9-14(15)18-17-12-5-7-13(19-2)8-6-12/h4-10H,3,16H2,1-2H3/b18-17+. The second-order valence-electron chi connectivity index (χ2n) is 4.06. The van der Waals surface area contributed by atoms with Gasteiger partial charge in [0, 0.05) is 11.8 Å². The second-order valence-corrected chi connectivity index (χ2v) is 4.06. The number of nitrogen functional groups attached to an aromatic ring is 1. The average molecular weight is 271 g/mol. The molecule has 0 fully saturated rings. The van der Waals surface area contributed by atoms with Crippen molar-refractivity contribution in [1.29, 1.82) is 0 Å². The fourth-order valence-electron chi connectivity index (χ4n) is 1.64. The van der Waals surface area contributed by atoms with Gasteiger partial charge in [-0.1, -0.05) is 0 Å². The van der Waals surface area contributed by atoms with E-state index in [-0.39, 0.29) is 0 Å². The van der Waals surface area contributed by atoms with Crippen LogP contribution < -0.4 is 15.2 Å². The van der Waals surface area contributed by atoms with Crippen LogP contribution in [0.4, 0.5) is 17.1 Å². The van der Waals surface area contributed by atoms with Gasteiger partial charge in [-0.2, -0.15) is 5.11 Å². The van der Waals surface area contributed by atoms with Crippen molar-refractivity contribution in [3.63, 3.8) is 0 Å². The summed E-state index contributed by atoms with van der Waals surface area (Å²) in [5.74, 6) is 1.41. The summed E-state index contributed by atoms with van der Waals surface area (Å²) in [7, 11) is 1.62. The summed E-state index contributed by atoms with van der Waals surface area (Å²) < 4.78 is 10.6. The normalized spacial score (nSPS) is 10.7. The number of azo groups is 1. The second kappa shape index (κ2) is 6.56. The first-order valence-electron chi connectivity index (χ1n) is 6.31. The molecule has 0 radical (unpaired) electrons. The zero-order chi connectivity index (χ0) is 14.4. The van der Waals surface area contributed by atoms with Crippen molar-refractivity contribution in [1.82, 2.24) is 0 Å². The van der Waals surface area contributed by atoms with Crippen molar-refractivity contribution in [2.24, 2.45) is 10.2 Å². The lowest BCUT2D eigenvalue weighted by Crippen LogP contribution is -1.93. The average Bonchev–Trinajstić information content (AvgIpc) is 2.47. The van der Waals surface area contributed by atoms with Gasteiger partial charge in [-0.15, -0.1) is 5.11 Å². The quantitative estimate of drug-likeness (QED) is 0.657. The zero-order valence-electron chi connectivity index (χ0n) is 11.5. The minimum Gasteiger partial charge on any atom is -0.497 e. The molecule has 0 heterocycles. The van der Waals surface area contributed by atoms with Crippen LogP contribution in [0.3, 0.4) is 0 Å². The number of nitrogens with two attached hydrogens (primary N) is 1. The molecule has 104 valence electrons. The highest BCUT2D eigenvalue weighted by Gasteiger charge is 2.03. The lowest BCUT2D eigenvalue weighted by molar-refractivity contribution is 0.341. The van der Waals surface area contributed by atoms with Crippen LogP contribution >= 0.6 is 0 Å².